The van der Waals surface area contributed by atoms with Crippen LogP contribution in [0.4, 0.5) is 0 Å². The number of nitrogens with zero attached hydrogens (tertiary/aromatic N) is 1. The smallest absolute Gasteiger partial charge is 0.0223 e. The van der Waals surface area contributed by atoms with Crippen LogP contribution in [0.2, 0.25) is 0 Å². The normalized spacial score (nSPS) is 31.0. The Balaban J connectivity index is 1.91. The predicted molar refractivity (Wildman–Crippen MR) is 78.8 cm³/mol. The van der Waals surface area contributed by atoms with Crippen molar-refractivity contribution in [3.63, 3.8) is 0 Å². The summed E-state index contributed by atoms with van der Waals surface area (Å²) in [6, 6.07) is 1.48. The fourth-order valence-electron chi connectivity index (χ4n) is 3.34. The predicted octanol–water partition coefficient (Wildman–Crippen LogP) is 3.13. The van der Waals surface area contributed by atoms with E-state index in [0.29, 0.717) is 6.04 Å². The molecule has 2 nitrogen and oxygen atoms in total. The van der Waals surface area contributed by atoms with Crippen LogP contribution in [0.15, 0.2) is 0 Å². The van der Waals surface area contributed by atoms with Gasteiger partial charge in [-0.1, -0.05) is 34.1 Å². The molecule has 18 heavy (non-hydrogen) atoms. The topological polar surface area (TPSA) is 15.3 Å². The first-order valence-electron chi connectivity index (χ1n) is 8.03. The van der Waals surface area contributed by atoms with E-state index < -0.39 is 0 Å². The summed E-state index contributed by atoms with van der Waals surface area (Å²) in [6.45, 7) is 13.2. The zero-order valence-electron chi connectivity index (χ0n) is 12.8. The van der Waals surface area contributed by atoms with Gasteiger partial charge in [-0.15, -0.1) is 0 Å². The van der Waals surface area contributed by atoms with Gasteiger partial charge in [0.25, 0.3) is 0 Å². The van der Waals surface area contributed by atoms with Crippen LogP contribution in [0.25, 0.3) is 0 Å². The lowest BCUT2D eigenvalue weighted by Gasteiger charge is -2.45. The Bertz CT molecular complexity index is 245. The van der Waals surface area contributed by atoms with E-state index in [4.69, 9.17) is 0 Å². The van der Waals surface area contributed by atoms with Crippen LogP contribution in [0, 0.1) is 17.8 Å². The first kappa shape index (κ1) is 14.3. The minimum atomic E-state index is 0.702. The number of hydrogen-bond acceptors (Lipinski definition) is 2. The number of piperazine rings is 1. The fourth-order valence-corrected chi connectivity index (χ4v) is 3.34. The molecule has 1 aliphatic heterocycles. The Morgan fingerprint density at radius 2 is 1.89 bits per heavy atom. The third kappa shape index (κ3) is 3.71. The van der Waals surface area contributed by atoms with Crippen LogP contribution in [-0.2, 0) is 0 Å². The molecule has 1 heterocycles. The van der Waals surface area contributed by atoms with Crippen LogP contribution in [-0.4, -0.2) is 36.6 Å². The van der Waals surface area contributed by atoms with E-state index >= 15 is 0 Å². The van der Waals surface area contributed by atoms with Crippen molar-refractivity contribution in [2.45, 2.75) is 65.5 Å². The van der Waals surface area contributed by atoms with E-state index in [0.717, 1.165) is 23.8 Å². The second kappa shape index (κ2) is 6.38. The van der Waals surface area contributed by atoms with E-state index in [-0.39, 0.29) is 0 Å². The number of hydrogen-bond donors (Lipinski definition) is 1. The number of rotatable bonds is 5. The molecule has 106 valence electrons. The van der Waals surface area contributed by atoms with Gasteiger partial charge in [0.1, 0.15) is 0 Å². The highest BCUT2D eigenvalue weighted by atomic mass is 15.2. The third-order valence-corrected chi connectivity index (χ3v) is 4.83. The summed E-state index contributed by atoms with van der Waals surface area (Å²) < 4.78 is 0. The van der Waals surface area contributed by atoms with Gasteiger partial charge in [-0.3, -0.25) is 4.90 Å². The van der Waals surface area contributed by atoms with E-state index in [9.17, 15) is 0 Å². The SMILES string of the molecule is CC(C)CC1CNC(C(C)C)CN1CC1CCC1. The maximum atomic E-state index is 3.77. The summed E-state index contributed by atoms with van der Waals surface area (Å²) in [5, 5.41) is 3.77. The molecule has 1 aliphatic carbocycles. The minimum Gasteiger partial charge on any atom is -0.311 e. The van der Waals surface area contributed by atoms with Gasteiger partial charge in [0.05, 0.1) is 0 Å². The molecule has 1 N–H and O–H groups in total. The van der Waals surface area contributed by atoms with Crippen molar-refractivity contribution in [3.8, 4) is 0 Å². The maximum absolute atomic E-state index is 3.77. The van der Waals surface area contributed by atoms with Gasteiger partial charge < -0.3 is 5.32 Å². The molecule has 2 rings (SSSR count). The molecule has 2 heteroatoms. The zero-order chi connectivity index (χ0) is 13.1. The third-order valence-electron chi connectivity index (χ3n) is 4.83. The lowest BCUT2D eigenvalue weighted by atomic mass is 9.84. The Kier molecular flexibility index (Phi) is 5.08. The van der Waals surface area contributed by atoms with Gasteiger partial charge in [-0.05, 0) is 37.0 Å². The van der Waals surface area contributed by atoms with Crippen LogP contribution in [0.1, 0.15) is 53.4 Å². The largest absolute Gasteiger partial charge is 0.311 e. The Morgan fingerprint density at radius 1 is 1.17 bits per heavy atom. The lowest BCUT2D eigenvalue weighted by Crippen LogP contribution is -2.59. The van der Waals surface area contributed by atoms with Gasteiger partial charge in [-0.2, -0.15) is 0 Å². The highest BCUT2D eigenvalue weighted by Crippen LogP contribution is 2.29. The molecular weight excluding hydrogens is 220 g/mol. The van der Waals surface area contributed by atoms with Crippen molar-refractivity contribution < 1.29 is 0 Å². The van der Waals surface area contributed by atoms with Crippen molar-refractivity contribution >= 4 is 0 Å². The first-order valence-corrected chi connectivity index (χ1v) is 8.03. The van der Waals surface area contributed by atoms with E-state index in [1.807, 2.05) is 0 Å². The molecule has 0 spiro atoms. The van der Waals surface area contributed by atoms with Gasteiger partial charge in [-0.25, -0.2) is 0 Å². The maximum Gasteiger partial charge on any atom is 0.0223 e. The summed E-state index contributed by atoms with van der Waals surface area (Å²) in [4.78, 5) is 2.81. The van der Waals surface area contributed by atoms with E-state index in [1.165, 1.54) is 45.3 Å². The zero-order valence-corrected chi connectivity index (χ0v) is 12.8. The summed E-state index contributed by atoms with van der Waals surface area (Å²) >= 11 is 0. The number of nitrogens with one attached hydrogen (secondary N) is 1. The summed E-state index contributed by atoms with van der Waals surface area (Å²) in [5.74, 6) is 2.58. The van der Waals surface area contributed by atoms with Crippen molar-refractivity contribution in [1.29, 1.82) is 0 Å². The molecule has 0 amide bonds. The van der Waals surface area contributed by atoms with Crippen LogP contribution in [0.5, 0.6) is 0 Å². The quantitative estimate of drug-likeness (QED) is 0.809. The molecule has 0 aromatic carbocycles. The molecular formula is C16H32N2. The van der Waals surface area contributed by atoms with Crippen molar-refractivity contribution in [2.75, 3.05) is 19.6 Å². The molecule has 1 saturated carbocycles. The van der Waals surface area contributed by atoms with E-state index in [1.54, 1.807) is 0 Å². The Hall–Kier alpha value is -0.0800. The molecule has 2 fully saturated rings. The summed E-state index contributed by atoms with van der Waals surface area (Å²) in [7, 11) is 0. The van der Waals surface area contributed by atoms with Gasteiger partial charge in [0.2, 0.25) is 0 Å². The van der Waals surface area contributed by atoms with Crippen molar-refractivity contribution in [1.82, 2.24) is 10.2 Å². The van der Waals surface area contributed by atoms with Crippen LogP contribution >= 0.6 is 0 Å². The molecule has 2 unspecified atom stereocenters. The molecule has 0 radical (unpaired) electrons. The standard InChI is InChI=1S/C16H32N2/c1-12(2)8-15-9-17-16(13(3)4)11-18(15)10-14-6-5-7-14/h12-17H,5-11H2,1-4H3. The molecule has 0 aromatic rings. The summed E-state index contributed by atoms with van der Waals surface area (Å²) in [5.41, 5.74) is 0. The monoisotopic (exact) mass is 252 g/mol. The van der Waals surface area contributed by atoms with Crippen LogP contribution < -0.4 is 5.32 Å². The Morgan fingerprint density at radius 3 is 2.39 bits per heavy atom. The molecule has 0 bridgehead atoms. The van der Waals surface area contributed by atoms with E-state index in [2.05, 4.69) is 37.9 Å². The average molecular weight is 252 g/mol. The van der Waals surface area contributed by atoms with Crippen molar-refractivity contribution in [2.24, 2.45) is 17.8 Å². The second-order valence-electron chi connectivity index (χ2n) is 7.29. The lowest BCUT2D eigenvalue weighted by molar-refractivity contribution is 0.0672. The highest BCUT2D eigenvalue weighted by Gasteiger charge is 2.32. The van der Waals surface area contributed by atoms with Gasteiger partial charge in [0, 0.05) is 31.7 Å². The van der Waals surface area contributed by atoms with Crippen molar-refractivity contribution in [3.05, 3.63) is 0 Å². The molecule has 1 saturated heterocycles. The van der Waals surface area contributed by atoms with Crippen LogP contribution in [0.3, 0.4) is 0 Å². The average Bonchev–Trinajstić information content (AvgIpc) is 2.24. The van der Waals surface area contributed by atoms with Gasteiger partial charge in [0.15, 0.2) is 0 Å². The first-order chi connectivity index (χ1) is 8.56. The minimum absolute atomic E-state index is 0.702. The molecule has 2 aliphatic rings. The Labute approximate surface area is 114 Å². The molecule has 2 atom stereocenters. The summed E-state index contributed by atoms with van der Waals surface area (Å²) in [6.07, 6.45) is 5.78. The van der Waals surface area contributed by atoms with Gasteiger partial charge >= 0.3 is 0 Å². The second-order valence-corrected chi connectivity index (χ2v) is 7.29. The highest BCUT2D eigenvalue weighted by molar-refractivity contribution is 4.89. The fraction of sp³-hybridized carbons (Fsp3) is 1.00. The molecule has 0 aromatic heterocycles.